The van der Waals surface area contributed by atoms with Crippen LogP contribution in [0.1, 0.15) is 56.5 Å². The highest BCUT2D eigenvalue weighted by Crippen LogP contribution is 2.43. The number of ether oxygens (including phenoxy) is 4. The van der Waals surface area contributed by atoms with Crippen LogP contribution in [-0.2, 0) is 15.1 Å². The molecule has 47 heavy (non-hydrogen) atoms. The van der Waals surface area contributed by atoms with Crippen LogP contribution < -0.4 is 20.3 Å². The molecule has 3 atom stereocenters. The third-order valence-corrected chi connectivity index (χ3v) is 8.98. The summed E-state index contributed by atoms with van der Waals surface area (Å²) in [4.78, 5) is 24.5. The van der Waals surface area contributed by atoms with Gasteiger partial charge in [0.15, 0.2) is 11.2 Å². The van der Waals surface area contributed by atoms with E-state index < -0.39 is 23.1 Å². The number of aliphatic hydroxyl groups is 1. The van der Waals surface area contributed by atoms with Gasteiger partial charge in [-0.1, -0.05) is 68.4 Å². The molecule has 0 amide bonds. The van der Waals surface area contributed by atoms with Crippen molar-refractivity contribution in [1.82, 2.24) is 19.5 Å². The normalized spacial score (nSPS) is 17.9. The topological polar surface area (TPSA) is 133 Å². The van der Waals surface area contributed by atoms with Gasteiger partial charge in [-0.15, -0.1) is 0 Å². The summed E-state index contributed by atoms with van der Waals surface area (Å²) in [5, 5.41) is 13.7. The van der Waals surface area contributed by atoms with Gasteiger partial charge in [-0.05, 0) is 60.7 Å². The molecule has 5 aromatic rings. The first-order valence-electron chi connectivity index (χ1n) is 15.8. The van der Waals surface area contributed by atoms with E-state index in [1.807, 2.05) is 80.6 Å². The molecule has 0 aliphatic carbocycles. The molecule has 2 aromatic heterocycles. The second-order valence-electron chi connectivity index (χ2n) is 12.3. The van der Waals surface area contributed by atoms with Gasteiger partial charge in [-0.2, -0.15) is 4.98 Å². The first-order chi connectivity index (χ1) is 22.6. The van der Waals surface area contributed by atoms with Crippen LogP contribution in [0.4, 0.5) is 5.95 Å². The lowest BCUT2D eigenvalue weighted by Gasteiger charge is -2.37. The molecule has 6 rings (SSSR count). The molecule has 11 nitrogen and oxygen atoms in total. The smallest absolute Gasteiger partial charge is 0.280 e. The van der Waals surface area contributed by atoms with E-state index in [0.29, 0.717) is 12.1 Å². The predicted octanol–water partition coefficient (Wildman–Crippen LogP) is 5.60. The van der Waals surface area contributed by atoms with Crippen LogP contribution in [0.15, 0.2) is 90.0 Å². The highest BCUT2D eigenvalue weighted by Gasteiger charge is 2.40. The van der Waals surface area contributed by atoms with Crippen molar-refractivity contribution in [2.45, 2.75) is 57.3 Å². The summed E-state index contributed by atoms with van der Waals surface area (Å²) in [7, 11) is 3.30. The number of H-pyrrole nitrogens is 1. The molecule has 0 radical (unpaired) electrons. The summed E-state index contributed by atoms with van der Waals surface area (Å²) in [5.41, 5.74) is 0.760. The minimum atomic E-state index is -1.28. The largest absolute Gasteiger partial charge is 0.497 e. The first-order valence-corrected chi connectivity index (χ1v) is 15.8. The number of nitrogens with one attached hydrogen (secondary N) is 2. The molecule has 3 N–H and O–H groups in total. The van der Waals surface area contributed by atoms with Crippen LogP contribution in [0.2, 0.25) is 0 Å². The number of hydrogen-bond donors (Lipinski definition) is 3. The molecule has 0 spiro atoms. The molecule has 3 aromatic carbocycles. The molecule has 0 bridgehead atoms. The van der Waals surface area contributed by atoms with E-state index in [0.717, 1.165) is 34.6 Å². The fourth-order valence-corrected chi connectivity index (χ4v) is 5.89. The second-order valence-corrected chi connectivity index (χ2v) is 12.3. The zero-order chi connectivity index (χ0) is 33.2. The Bertz CT molecular complexity index is 1800. The molecule has 0 saturated carbocycles. The standard InChI is InChI=1S/C36H41N5O6/c1-23(2)35(3,43)40-34-38-32-31(33(42)39-34)37-22-41(32)30-20-19-29(47-30)21-46-36(24-9-7-6-8-10-24,25-11-15-27(44-4)16-12-25)26-13-17-28(45-5)18-14-26/h6-18,22-23,29-30,43H,19-21H2,1-5H3,(H2,38,39,40,42). The van der Waals surface area contributed by atoms with E-state index in [1.54, 1.807) is 32.0 Å². The molecular weight excluding hydrogens is 598 g/mol. The third kappa shape index (κ3) is 6.34. The molecule has 246 valence electrons. The number of rotatable bonds is 12. The number of imidazole rings is 1. The summed E-state index contributed by atoms with van der Waals surface area (Å²) in [5.74, 6) is 1.52. The Kier molecular flexibility index (Phi) is 9.05. The first kappa shape index (κ1) is 32.2. The van der Waals surface area contributed by atoms with Gasteiger partial charge < -0.3 is 29.4 Å². The lowest BCUT2D eigenvalue weighted by molar-refractivity contribution is -0.0756. The number of anilines is 1. The summed E-state index contributed by atoms with van der Waals surface area (Å²) in [6.07, 6.45) is 2.31. The van der Waals surface area contributed by atoms with Gasteiger partial charge in [-0.25, -0.2) is 4.98 Å². The molecule has 1 fully saturated rings. The Labute approximate surface area is 273 Å². The van der Waals surface area contributed by atoms with Crippen molar-refractivity contribution in [3.63, 3.8) is 0 Å². The van der Waals surface area contributed by atoms with E-state index in [4.69, 9.17) is 18.9 Å². The highest BCUT2D eigenvalue weighted by molar-refractivity contribution is 5.71. The van der Waals surface area contributed by atoms with E-state index in [2.05, 4.69) is 32.4 Å². The molecule has 1 aliphatic rings. The van der Waals surface area contributed by atoms with E-state index in [1.165, 1.54) is 0 Å². The van der Waals surface area contributed by atoms with Gasteiger partial charge in [0, 0.05) is 5.92 Å². The molecule has 1 saturated heterocycles. The average molecular weight is 640 g/mol. The van der Waals surface area contributed by atoms with Crippen LogP contribution in [0.5, 0.6) is 11.5 Å². The Morgan fingerprint density at radius 1 is 0.957 bits per heavy atom. The summed E-state index contributed by atoms with van der Waals surface area (Å²) >= 11 is 0. The molecule has 3 unspecified atom stereocenters. The maximum Gasteiger partial charge on any atom is 0.280 e. The van der Waals surface area contributed by atoms with Crippen molar-refractivity contribution in [3.05, 3.63) is 112 Å². The zero-order valence-electron chi connectivity index (χ0n) is 27.3. The second kappa shape index (κ2) is 13.2. The van der Waals surface area contributed by atoms with Gasteiger partial charge in [0.05, 0.1) is 33.3 Å². The van der Waals surface area contributed by atoms with Crippen molar-refractivity contribution in [3.8, 4) is 11.5 Å². The number of methoxy groups -OCH3 is 2. The third-order valence-electron chi connectivity index (χ3n) is 8.98. The van der Waals surface area contributed by atoms with Crippen molar-refractivity contribution in [1.29, 1.82) is 0 Å². The van der Waals surface area contributed by atoms with Gasteiger partial charge in [0.25, 0.3) is 5.56 Å². The van der Waals surface area contributed by atoms with Crippen molar-refractivity contribution < 1.29 is 24.1 Å². The van der Waals surface area contributed by atoms with Gasteiger partial charge in [0.1, 0.15) is 29.1 Å². The molecular formula is C36H41N5O6. The minimum Gasteiger partial charge on any atom is -0.497 e. The minimum absolute atomic E-state index is 0.133. The Morgan fingerprint density at radius 3 is 2.13 bits per heavy atom. The SMILES string of the molecule is COc1ccc(C(OCC2CCC(n3cnc4c(=O)[nH]c(NC(C)(O)C(C)C)nc43)O2)(c2ccccc2)c2ccc(OC)cc2)cc1. The number of aromatic nitrogens is 4. The Balaban J connectivity index is 1.31. The van der Waals surface area contributed by atoms with Gasteiger partial charge >= 0.3 is 0 Å². The Morgan fingerprint density at radius 2 is 1.55 bits per heavy atom. The van der Waals surface area contributed by atoms with E-state index >= 15 is 0 Å². The monoisotopic (exact) mass is 639 g/mol. The Hall–Kier alpha value is -4.71. The summed E-state index contributed by atoms with van der Waals surface area (Å²) in [6.45, 7) is 5.67. The van der Waals surface area contributed by atoms with Crippen LogP contribution in [0.3, 0.4) is 0 Å². The molecule has 1 aliphatic heterocycles. The maximum absolute atomic E-state index is 12.9. The molecule has 3 heterocycles. The van der Waals surface area contributed by atoms with E-state index in [9.17, 15) is 9.90 Å². The van der Waals surface area contributed by atoms with Crippen LogP contribution in [0, 0.1) is 5.92 Å². The number of fused-ring (bicyclic) bond motifs is 1. The fourth-order valence-electron chi connectivity index (χ4n) is 5.89. The quantitative estimate of drug-likeness (QED) is 0.118. The van der Waals surface area contributed by atoms with Crippen LogP contribution >= 0.6 is 0 Å². The van der Waals surface area contributed by atoms with Gasteiger partial charge in [-0.3, -0.25) is 14.3 Å². The van der Waals surface area contributed by atoms with Crippen molar-refractivity contribution in [2.75, 3.05) is 26.1 Å². The lowest BCUT2D eigenvalue weighted by atomic mass is 9.80. The highest BCUT2D eigenvalue weighted by atomic mass is 16.6. The predicted molar refractivity (Wildman–Crippen MR) is 179 cm³/mol. The number of hydrogen-bond acceptors (Lipinski definition) is 9. The lowest BCUT2D eigenvalue weighted by Crippen LogP contribution is -2.41. The van der Waals surface area contributed by atoms with Crippen LogP contribution in [-0.4, -0.2) is 57.3 Å². The zero-order valence-corrected chi connectivity index (χ0v) is 27.3. The summed E-state index contributed by atoms with van der Waals surface area (Å²) < 4.78 is 26.3. The number of benzene rings is 3. The number of nitrogens with zero attached hydrogens (tertiary/aromatic N) is 3. The molecule has 11 heteroatoms. The fraction of sp³-hybridized carbons (Fsp3) is 0.361. The van der Waals surface area contributed by atoms with E-state index in [-0.39, 0.29) is 30.1 Å². The van der Waals surface area contributed by atoms with Gasteiger partial charge in [0.2, 0.25) is 5.95 Å². The summed E-state index contributed by atoms with van der Waals surface area (Å²) in [6, 6.07) is 26.0. The number of aromatic amines is 1. The maximum atomic E-state index is 12.9. The van der Waals surface area contributed by atoms with Crippen molar-refractivity contribution in [2.24, 2.45) is 5.92 Å². The average Bonchev–Trinajstić information content (AvgIpc) is 3.73. The van der Waals surface area contributed by atoms with Crippen LogP contribution in [0.25, 0.3) is 11.2 Å². The van der Waals surface area contributed by atoms with Crippen molar-refractivity contribution >= 4 is 17.1 Å².